The number of halogens is 1. The molecule has 1 saturated heterocycles. The average Bonchev–Trinajstić information content (AvgIpc) is 2.67. The number of nitrogens with zero attached hydrogens (tertiary/aromatic N) is 2. The number of nitrogens with one attached hydrogen (secondary N) is 2. The number of carbonyl (C=O) groups excluding carboxylic acids is 2. The van der Waals surface area contributed by atoms with E-state index in [0.717, 1.165) is 0 Å². The number of carbonyl (C=O) groups is 2. The molecule has 2 amide bonds. The van der Waals surface area contributed by atoms with E-state index in [1.54, 1.807) is 19.0 Å². The summed E-state index contributed by atoms with van der Waals surface area (Å²) < 4.78 is 18.0. The predicted molar refractivity (Wildman–Crippen MR) is 105 cm³/mol. The molecule has 2 unspecified atom stereocenters. The predicted octanol–water partition coefficient (Wildman–Crippen LogP) is 2.62. The van der Waals surface area contributed by atoms with Crippen molar-refractivity contribution in [3.05, 3.63) is 0 Å². The van der Waals surface area contributed by atoms with Crippen molar-refractivity contribution < 1.29 is 18.2 Å². The normalized spacial score (nSPS) is 21.4. The van der Waals surface area contributed by atoms with Gasteiger partial charge >= 0.3 is 6.09 Å². The second-order valence-corrected chi connectivity index (χ2v) is 6.75. The third-order valence-corrected chi connectivity index (χ3v) is 4.86. The number of amidine groups is 1. The van der Waals surface area contributed by atoms with Gasteiger partial charge in [0.25, 0.3) is 0 Å². The molecule has 2 N–H and O–H groups in total. The topological polar surface area (TPSA) is 83.0 Å². The zero-order valence-corrected chi connectivity index (χ0v) is 17.7. The number of hydrogen-bond donors (Lipinski definition) is 2. The maximum Gasteiger partial charge on any atom is 0.407 e. The van der Waals surface area contributed by atoms with Gasteiger partial charge in [-0.25, -0.2) is 4.79 Å². The molecule has 152 valence electrons. The van der Waals surface area contributed by atoms with Crippen LogP contribution in [0.25, 0.3) is 0 Å². The third-order valence-electron chi connectivity index (χ3n) is 4.14. The van der Waals surface area contributed by atoms with Gasteiger partial charge in [-0.1, -0.05) is 27.7 Å². The maximum absolute atomic E-state index is 13.4. The van der Waals surface area contributed by atoms with Gasteiger partial charge < -0.3 is 20.3 Å². The highest BCUT2D eigenvalue weighted by molar-refractivity contribution is 7.95. The first-order valence-electron chi connectivity index (χ1n) is 8.98. The Hall–Kier alpha value is -1.51. The first kappa shape index (κ1) is 24.5. The minimum atomic E-state index is -0.738. The molecule has 0 aliphatic carbocycles. The van der Waals surface area contributed by atoms with Crippen LogP contribution in [0.1, 0.15) is 40.5 Å². The summed E-state index contributed by atoms with van der Waals surface area (Å²) in [6.07, 6.45) is 0.700. The van der Waals surface area contributed by atoms with E-state index in [2.05, 4.69) is 20.4 Å². The minimum Gasteiger partial charge on any atom is -0.453 e. The molecule has 1 rings (SSSR count). The van der Waals surface area contributed by atoms with Gasteiger partial charge in [-0.15, -0.1) is 0 Å². The number of likely N-dealkylation sites (N-methyl/N-ethyl adjacent to an activating group) is 1. The SMILES string of the molecule is CC.CN=C(NC)[C@@H]1C(SF)CCCN1C(=O)C(NC(=O)OC)C(C)C. The maximum atomic E-state index is 13.4. The monoisotopic (exact) mass is 392 g/mol. The molecule has 0 aromatic rings. The van der Waals surface area contributed by atoms with Crippen LogP contribution in [0.2, 0.25) is 0 Å². The molecule has 1 fully saturated rings. The lowest BCUT2D eigenvalue weighted by Crippen LogP contribution is -2.61. The third kappa shape index (κ3) is 6.34. The number of ether oxygens (including phenoxy) is 1. The largest absolute Gasteiger partial charge is 0.453 e. The summed E-state index contributed by atoms with van der Waals surface area (Å²) in [5.41, 5.74) is 0. The summed E-state index contributed by atoms with van der Waals surface area (Å²) in [5.74, 6) is 0.168. The molecule has 26 heavy (non-hydrogen) atoms. The van der Waals surface area contributed by atoms with Crippen LogP contribution in [0.3, 0.4) is 0 Å². The number of rotatable bonds is 5. The lowest BCUT2D eigenvalue weighted by Gasteiger charge is -2.42. The van der Waals surface area contributed by atoms with Gasteiger partial charge in [-0.3, -0.25) is 9.79 Å². The zero-order chi connectivity index (χ0) is 20.3. The molecule has 7 nitrogen and oxygen atoms in total. The number of aliphatic imine (C=N–C) groups is 1. The fourth-order valence-electron chi connectivity index (χ4n) is 2.89. The number of methoxy groups -OCH3 is 1. The molecular formula is C17H33FN4O3S. The number of piperidine rings is 1. The highest BCUT2D eigenvalue weighted by atomic mass is 32.2. The van der Waals surface area contributed by atoms with Crippen molar-refractivity contribution in [2.24, 2.45) is 10.9 Å². The van der Waals surface area contributed by atoms with E-state index in [4.69, 9.17) is 0 Å². The Morgan fingerprint density at radius 3 is 2.38 bits per heavy atom. The van der Waals surface area contributed by atoms with Gasteiger partial charge in [0.1, 0.15) is 17.9 Å². The van der Waals surface area contributed by atoms with Gasteiger partial charge in [0.05, 0.1) is 24.5 Å². The molecule has 1 aliphatic heterocycles. The van der Waals surface area contributed by atoms with Crippen molar-refractivity contribution in [2.45, 2.75) is 57.9 Å². The summed E-state index contributed by atoms with van der Waals surface area (Å²) in [6.45, 7) is 8.17. The summed E-state index contributed by atoms with van der Waals surface area (Å²) in [6, 6.07) is -1.23. The van der Waals surface area contributed by atoms with Crippen molar-refractivity contribution in [3.8, 4) is 0 Å². The van der Waals surface area contributed by atoms with Gasteiger partial charge in [0.15, 0.2) is 0 Å². The fourth-order valence-corrected chi connectivity index (χ4v) is 3.52. The van der Waals surface area contributed by atoms with Crippen molar-refractivity contribution in [1.29, 1.82) is 0 Å². The van der Waals surface area contributed by atoms with Crippen LogP contribution < -0.4 is 10.6 Å². The van der Waals surface area contributed by atoms with E-state index in [1.807, 2.05) is 27.7 Å². The quantitative estimate of drug-likeness (QED) is 0.555. The molecule has 1 heterocycles. The minimum absolute atomic E-state index is 0.132. The number of likely N-dealkylation sites (tertiary alicyclic amines) is 1. The summed E-state index contributed by atoms with van der Waals surface area (Å²) in [4.78, 5) is 30.4. The number of hydrogen-bond acceptors (Lipinski definition) is 5. The van der Waals surface area contributed by atoms with Crippen LogP contribution in [0.15, 0.2) is 4.99 Å². The molecule has 0 radical (unpaired) electrons. The van der Waals surface area contributed by atoms with Crippen molar-refractivity contribution in [2.75, 3.05) is 27.7 Å². The Labute approximate surface area is 160 Å². The molecule has 0 saturated carbocycles. The fraction of sp³-hybridized carbons (Fsp3) is 0.824. The van der Waals surface area contributed by atoms with E-state index in [-0.39, 0.29) is 29.2 Å². The Morgan fingerprint density at radius 2 is 1.96 bits per heavy atom. The average molecular weight is 393 g/mol. The highest BCUT2D eigenvalue weighted by Gasteiger charge is 2.41. The molecule has 1 aliphatic rings. The highest BCUT2D eigenvalue weighted by Crippen LogP contribution is 2.30. The van der Waals surface area contributed by atoms with Crippen molar-refractivity contribution in [3.63, 3.8) is 0 Å². The van der Waals surface area contributed by atoms with Crippen LogP contribution in [0.4, 0.5) is 8.68 Å². The molecule has 0 aromatic carbocycles. The van der Waals surface area contributed by atoms with Gasteiger partial charge in [0, 0.05) is 20.6 Å². The van der Waals surface area contributed by atoms with Crippen molar-refractivity contribution in [1.82, 2.24) is 15.5 Å². The standard InChI is InChI=1S/C15H27FN4O3S.C2H6/c1-9(2)11(19-15(22)23-5)14(21)20-8-6-7-10(24-16)12(20)13(17-3)18-4;1-2/h9-12H,6-8H2,1-5H3,(H,17,18)(H,19,22);1-2H3/t10?,11?,12-;/m0./s1. The Morgan fingerprint density at radius 1 is 1.35 bits per heavy atom. The Kier molecular flexibility index (Phi) is 12.0. The number of amides is 2. The van der Waals surface area contributed by atoms with Crippen LogP contribution >= 0.6 is 12.1 Å². The number of alkyl carbamates (subject to hydrolysis) is 1. The zero-order valence-electron chi connectivity index (χ0n) is 16.8. The first-order valence-corrected chi connectivity index (χ1v) is 9.76. The van der Waals surface area contributed by atoms with E-state index in [0.29, 0.717) is 25.2 Å². The van der Waals surface area contributed by atoms with E-state index < -0.39 is 18.2 Å². The molecular weight excluding hydrogens is 359 g/mol. The second kappa shape index (κ2) is 12.8. The van der Waals surface area contributed by atoms with Crippen molar-refractivity contribution >= 4 is 30.0 Å². The molecule has 0 aromatic heterocycles. The van der Waals surface area contributed by atoms with Gasteiger partial charge in [-0.05, 0) is 18.8 Å². The van der Waals surface area contributed by atoms with Crippen LogP contribution in [0, 0.1) is 5.92 Å². The summed E-state index contributed by atoms with van der Waals surface area (Å²) in [7, 11) is 4.56. The molecule has 0 spiro atoms. The lowest BCUT2D eigenvalue weighted by atomic mass is 9.96. The van der Waals surface area contributed by atoms with E-state index >= 15 is 0 Å². The van der Waals surface area contributed by atoms with Gasteiger partial charge in [-0.2, -0.15) is 3.89 Å². The molecule has 9 heteroatoms. The molecule has 0 bridgehead atoms. The van der Waals surface area contributed by atoms with Crippen LogP contribution in [-0.4, -0.2) is 67.8 Å². The first-order chi connectivity index (χ1) is 12.4. The van der Waals surface area contributed by atoms with Crippen LogP contribution in [0.5, 0.6) is 0 Å². The van der Waals surface area contributed by atoms with Gasteiger partial charge in [0.2, 0.25) is 5.91 Å². The van der Waals surface area contributed by atoms with Crippen LogP contribution in [-0.2, 0) is 9.53 Å². The molecule has 3 atom stereocenters. The summed E-state index contributed by atoms with van der Waals surface area (Å²) in [5, 5.41) is 5.14. The summed E-state index contributed by atoms with van der Waals surface area (Å²) >= 11 is 0.246. The Bertz CT molecular complexity index is 477. The smallest absolute Gasteiger partial charge is 0.407 e. The Balaban J connectivity index is 0.00000301. The van der Waals surface area contributed by atoms with E-state index in [9.17, 15) is 13.5 Å². The lowest BCUT2D eigenvalue weighted by molar-refractivity contribution is -0.136. The van der Waals surface area contributed by atoms with E-state index in [1.165, 1.54) is 7.11 Å². The second-order valence-electron chi connectivity index (χ2n) is 5.96.